The fourth-order valence-corrected chi connectivity index (χ4v) is 0.618. The lowest BCUT2D eigenvalue weighted by Crippen LogP contribution is -2.29. The molecule has 0 aromatic carbocycles. The lowest BCUT2D eigenvalue weighted by atomic mass is 10.1. The molecule has 0 bridgehead atoms. The van der Waals surface area contributed by atoms with Crippen molar-refractivity contribution in [3.8, 4) is 0 Å². The van der Waals surface area contributed by atoms with Crippen molar-refractivity contribution in [2.45, 2.75) is 19.4 Å². The Hall–Kier alpha value is -0.250. The van der Waals surface area contributed by atoms with E-state index in [2.05, 4.69) is 9.97 Å². The third-order valence-corrected chi connectivity index (χ3v) is 1.11. The predicted octanol–water partition coefficient (Wildman–Crippen LogP) is 1.45. The molecule has 1 rings (SSSR count). The van der Waals surface area contributed by atoms with E-state index < -0.39 is 0 Å². The number of imidazole rings is 1. The predicted molar refractivity (Wildman–Crippen MR) is 50.3 cm³/mol. The van der Waals surface area contributed by atoms with Gasteiger partial charge in [-0.05, 0) is 13.8 Å². The minimum absolute atomic E-state index is 0. The Balaban J connectivity index is 0. The molecular weight excluding hydrogens is 185 g/mol. The maximum Gasteiger partial charge on any atom is 0.125 e. The lowest BCUT2D eigenvalue weighted by Gasteiger charge is -2.13. The third-order valence-electron chi connectivity index (χ3n) is 1.11. The van der Waals surface area contributed by atoms with E-state index in [9.17, 15) is 0 Å². The zero-order valence-corrected chi connectivity index (χ0v) is 8.13. The van der Waals surface area contributed by atoms with Crippen molar-refractivity contribution < 1.29 is 0 Å². The molecule has 0 aliphatic rings. The van der Waals surface area contributed by atoms with Crippen LogP contribution in [0, 0.1) is 0 Å². The molecule has 11 heavy (non-hydrogen) atoms. The average molecular weight is 198 g/mol. The molecule has 0 radical (unpaired) electrons. The quantitative estimate of drug-likeness (QED) is 0.717. The van der Waals surface area contributed by atoms with Gasteiger partial charge in [0.2, 0.25) is 0 Å². The van der Waals surface area contributed by atoms with E-state index in [0.717, 1.165) is 5.82 Å². The van der Waals surface area contributed by atoms with Gasteiger partial charge in [-0.25, -0.2) is 4.98 Å². The summed E-state index contributed by atoms with van der Waals surface area (Å²) in [5.74, 6) is 0.822. The van der Waals surface area contributed by atoms with Crippen molar-refractivity contribution >= 4 is 24.8 Å². The first-order valence-electron chi connectivity index (χ1n) is 2.89. The summed E-state index contributed by atoms with van der Waals surface area (Å²) in [5, 5.41) is 0. The van der Waals surface area contributed by atoms with E-state index in [0.29, 0.717) is 0 Å². The van der Waals surface area contributed by atoms with Crippen LogP contribution in [0.4, 0.5) is 0 Å². The zero-order chi connectivity index (χ0) is 6.91. The minimum atomic E-state index is -0.344. The molecular formula is C6H13Cl2N3. The van der Waals surface area contributed by atoms with Crippen LogP contribution in [0.25, 0.3) is 0 Å². The Kier molecular flexibility index (Phi) is 5.57. The number of nitrogens with one attached hydrogen (secondary N) is 1. The Morgan fingerprint density at radius 1 is 1.45 bits per heavy atom. The highest BCUT2D eigenvalue weighted by Gasteiger charge is 2.15. The fraction of sp³-hybridized carbons (Fsp3) is 0.500. The standard InChI is InChI=1S/C6H11N3.2ClH/c1-6(2,7)5-8-3-4-9-5;;/h3-4H,7H2,1-2H3,(H,8,9);2*1H. The summed E-state index contributed by atoms with van der Waals surface area (Å²) in [6.45, 7) is 3.82. The number of H-pyrrole nitrogens is 1. The van der Waals surface area contributed by atoms with Crippen molar-refractivity contribution in [1.29, 1.82) is 0 Å². The minimum Gasteiger partial charge on any atom is -0.347 e. The van der Waals surface area contributed by atoms with Crippen LogP contribution >= 0.6 is 24.8 Å². The number of hydrogen-bond acceptors (Lipinski definition) is 2. The number of nitrogens with two attached hydrogens (primary N) is 1. The SMILES string of the molecule is CC(C)(N)c1ncc[nH]1.Cl.Cl. The van der Waals surface area contributed by atoms with Crippen molar-refractivity contribution in [1.82, 2.24) is 9.97 Å². The second-order valence-electron chi connectivity index (χ2n) is 2.66. The largest absolute Gasteiger partial charge is 0.347 e. The summed E-state index contributed by atoms with van der Waals surface area (Å²) in [5.41, 5.74) is 5.36. The van der Waals surface area contributed by atoms with E-state index in [1.54, 1.807) is 12.4 Å². The molecule has 1 aromatic heterocycles. The van der Waals surface area contributed by atoms with Crippen LogP contribution in [0.5, 0.6) is 0 Å². The molecule has 0 amide bonds. The van der Waals surface area contributed by atoms with Crippen molar-refractivity contribution in [2.75, 3.05) is 0 Å². The van der Waals surface area contributed by atoms with Gasteiger partial charge in [0.25, 0.3) is 0 Å². The molecule has 3 nitrogen and oxygen atoms in total. The third kappa shape index (κ3) is 3.60. The maximum atomic E-state index is 5.71. The molecule has 3 N–H and O–H groups in total. The van der Waals surface area contributed by atoms with E-state index in [4.69, 9.17) is 5.73 Å². The molecule has 0 unspecified atom stereocenters. The number of aromatic amines is 1. The average Bonchev–Trinajstić information content (AvgIpc) is 2.08. The van der Waals surface area contributed by atoms with E-state index in [1.807, 2.05) is 13.8 Å². The molecule has 0 atom stereocenters. The second kappa shape index (κ2) is 4.59. The number of halogens is 2. The van der Waals surface area contributed by atoms with Crippen LogP contribution in [-0.4, -0.2) is 9.97 Å². The lowest BCUT2D eigenvalue weighted by molar-refractivity contribution is 0.520. The van der Waals surface area contributed by atoms with Crippen LogP contribution < -0.4 is 5.73 Å². The molecule has 0 aliphatic carbocycles. The Morgan fingerprint density at radius 2 is 2.00 bits per heavy atom. The molecule has 0 aliphatic heterocycles. The monoisotopic (exact) mass is 197 g/mol. The first-order chi connectivity index (χ1) is 4.11. The van der Waals surface area contributed by atoms with Gasteiger partial charge >= 0.3 is 0 Å². The Labute approximate surface area is 78.6 Å². The normalized spacial score (nSPS) is 9.73. The van der Waals surface area contributed by atoms with Crippen LogP contribution in [0.1, 0.15) is 19.7 Å². The van der Waals surface area contributed by atoms with Crippen LogP contribution in [0.15, 0.2) is 12.4 Å². The molecule has 0 fully saturated rings. The zero-order valence-electron chi connectivity index (χ0n) is 6.50. The fourth-order valence-electron chi connectivity index (χ4n) is 0.618. The van der Waals surface area contributed by atoms with Gasteiger partial charge in [-0.2, -0.15) is 0 Å². The van der Waals surface area contributed by atoms with E-state index in [-0.39, 0.29) is 30.4 Å². The van der Waals surface area contributed by atoms with Gasteiger partial charge < -0.3 is 10.7 Å². The second-order valence-corrected chi connectivity index (χ2v) is 2.66. The maximum absolute atomic E-state index is 5.71. The molecule has 1 aromatic rings. The Bertz CT molecular complexity index is 178. The first kappa shape index (κ1) is 13.3. The van der Waals surface area contributed by atoms with Gasteiger partial charge in [0.05, 0.1) is 5.54 Å². The van der Waals surface area contributed by atoms with Gasteiger partial charge in [-0.15, -0.1) is 24.8 Å². The van der Waals surface area contributed by atoms with Crippen molar-refractivity contribution in [2.24, 2.45) is 5.73 Å². The number of nitrogens with zero attached hydrogens (tertiary/aromatic N) is 1. The molecule has 0 spiro atoms. The van der Waals surface area contributed by atoms with Crippen LogP contribution in [-0.2, 0) is 5.54 Å². The number of hydrogen-bond donors (Lipinski definition) is 2. The summed E-state index contributed by atoms with van der Waals surface area (Å²) in [6.07, 6.45) is 3.47. The molecule has 0 saturated carbocycles. The summed E-state index contributed by atoms with van der Waals surface area (Å²) < 4.78 is 0. The van der Waals surface area contributed by atoms with Crippen molar-refractivity contribution in [3.63, 3.8) is 0 Å². The summed E-state index contributed by atoms with van der Waals surface area (Å²) in [7, 11) is 0. The summed E-state index contributed by atoms with van der Waals surface area (Å²) >= 11 is 0. The van der Waals surface area contributed by atoms with Crippen LogP contribution in [0.3, 0.4) is 0 Å². The van der Waals surface area contributed by atoms with E-state index >= 15 is 0 Å². The molecule has 5 heteroatoms. The topological polar surface area (TPSA) is 54.7 Å². The molecule has 1 heterocycles. The highest BCUT2D eigenvalue weighted by molar-refractivity contribution is 5.85. The van der Waals surface area contributed by atoms with Gasteiger partial charge in [0.15, 0.2) is 0 Å². The van der Waals surface area contributed by atoms with Gasteiger partial charge in [-0.3, -0.25) is 0 Å². The Morgan fingerprint density at radius 3 is 2.18 bits per heavy atom. The number of aromatic nitrogens is 2. The van der Waals surface area contributed by atoms with E-state index in [1.165, 1.54) is 0 Å². The number of rotatable bonds is 1. The van der Waals surface area contributed by atoms with Gasteiger partial charge in [0.1, 0.15) is 5.82 Å². The van der Waals surface area contributed by atoms with Crippen molar-refractivity contribution in [3.05, 3.63) is 18.2 Å². The molecule has 66 valence electrons. The summed E-state index contributed by atoms with van der Waals surface area (Å²) in [4.78, 5) is 6.95. The first-order valence-corrected chi connectivity index (χ1v) is 2.89. The molecule has 0 saturated heterocycles. The van der Waals surface area contributed by atoms with Gasteiger partial charge in [0, 0.05) is 12.4 Å². The smallest absolute Gasteiger partial charge is 0.125 e. The highest BCUT2D eigenvalue weighted by atomic mass is 35.5. The highest BCUT2D eigenvalue weighted by Crippen LogP contribution is 2.09. The summed E-state index contributed by atoms with van der Waals surface area (Å²) in [6, 6.07) is 0. The van der Waals surface area contributed by atoms with Gasteiger partial charge in [-0.1, -0.05) is 0 Å². The van der Waals surface area contributed by atoms with Crippen LogP contribution in [0.2, 0.25) is 0 Å².